The van der Waals surface area contributed by atoms with Crippen molar-refractivity contribution in [3.05, 3.63) is 0 Å². The number of sulfone groups is 1. The fourth-order valence-electron chi connectivity index (χ4n) is 2.59. The van der Waals surface area contributed by atoms with Crippen LogP contribution in [0.3, 0.4) is 0 Å². The Hall–Kier alpha value is -0.0900. The molecule has 0 aromatic heterocycles. The lowest BCUT2D eigenvalue weighted by molar-refractivity contribution is 0.179. The standard InChI is InChI=1S/C11H23NO2S/c1-12-10-11(6-4-3-5-7-11)8-9-15(2,13)14/h12H,3-10H2,1-2H3. The van der Waals surface area contributed by atoms with E-state index >= 15 is 0 Å². The van der Waals surface area contributed by atoms with E-state index in [1.807, 2.05) is 7.05 Å². The van der Waals surface area contributed by atoms with Gasteiger partial charge >= 0.3 is 0 Å². The normalized spacial score (nSPS) is 21.5. The molecule has 4 heteroatoms. The second-order valence-electron chi connectivity index (χ2n) is 4.97. The molecule has 0 atom stereocenters. The molecule has 1 aliphatic carbocycles. The molecular formula is C11H23NO2S. The second-order valence-corrected chi connectivity index (χ2v) is 7.23. The molecule has 0 bridgehead atoms. The van der Waals surface area contributed by atoms with Crippen LogP contribution in [0, 0.1) is 5.41 Å². The molecule has 0 aromatic carbocycles. The quantitative estimate of drug-likeness (QED) is 0.784. The van der Waals surface area contributed by atoms with E-state index < -0.39 is 9.84 Å². The second kappa shape index (κ2) is 5.30. The minimum absolute atomic E-state index is 0.246. The first-order valence-corrected chi connectivity index (χ1v) is 7.86. The van der Waals surface area contributed by atoms with Crippen molar-refractivity contribution in [3.63, 3.8) is 0 Å². The zero-order chi connectivity index (χ0) is 11.4. The Morgan fingerprint density at radius 1 is 1.20 bits per heavy atom. The summed E-state index contributed by atoms with van der Waals surface area (Å²) in [5, 5.41) is 3.22. The Bertz CT molecular complexity index is 273. The first-order valence-electron chi connectivity index (χ1n) is 5.80. The highest BCUT2D eigenvalue weighted by Crippen LogP contribution is 2.38. The Kier molecular flexibility index (Phi) is 4.59. The molecule has 1 rings (SSSR count). The Labute approximate surface area is 93.6 Å². The topological polar surface area (TPSA) is 46.2 Å². The molecule has 0 unspecified atom stereocenters. The van der Waals surface area contributed by atoms with Gasteiger partial charge in [-0.15, -0.1) is 0 Å². The van der Waals surface area contributed by atoms with Crippen molar-refractivity contribution in [1.29, 1.82) is 0 Å². The Morgan fingerprint density at radius 3 is 2.27 bits per heavy atom. The average Bonchev–Trinajstić information content (AvgIpc) is 2.16. The van der Waals surface area contributed by atoms with Crippen molar-refractivity contribution >= 4 is 9.84 Å². The van der Waals surface area contributed by atoms with Gasteiger partial charge in [0.2, 0.25) is 0 Å². The predicted molar refractivity (Wildman–Crippen MR) is 63.8 cm³/mol. The van der Waals surface area contributed by atoms with Crippen molar-refractivity contribution in [2.45, 2.75) is 38.5 Å². The average molecular weight is 233 g/mol. The maximum absolute atomic E-state index is 11.2. The van der Waals surface area contributed by atoms with Crippen molar-refractivity contribution < 1.29 is 8.42 Å². The van der Waals surface area contributed by atoms with Gasteiger partial charge < -0.3 is 5.32 Å². The summed E-state index contributed by atoms with van der Waals surface area (Å²) in [5.41, 5.74) is 0.246. The molecule has 0 aromatic rings. The molecule has 0 radical (unpaired) electrons. The lowest BCUT2D eigenvalue weighted by Gasteiger charge is -2.37. The van der Waals surface area contributed by atoms with Crippen LogP contribution in [0.15, 0.2) is 0 Å². The summed E-state index contributed by atoms with van der Waals surface area (Å²) in [6.45, 7) is 0.961. The first-order chi connectivity index (χ1) is 6.97. The summed E-state index contributed by atoms with van der Waals surface area (Å²) in [5.74, 6) is 0.342. The highest BCUT2D eigenvalue weighted by molar-refractivity contribution is 7.90. The fraction of sp³-hybridized carbons (Fsp3) is 1.00. The van der Waals surface area contributed by atoms with Gasteiger partial charge in [-0.1, -0.05) is 19.3 Å². The molecule has 1 fully saturated rings. The van der Waals surface area contributed by atoms with Gasteiger partial charge in [0.25, 0.3) is 0 Å². The number of rotatable bonds is 5. The van der Waals surface area contributed by atoms with Crippen LogP contribution in [0.5, 0.6) is 0 Å². The summed E-state index contributed by atoms with van der Waals surface area (Å²) < 4.78 is 22.4. The van der Waals surface area contributed by atoms with E-state index in [1.54, 1.807) is 0 Å². The minimum Gasteiger partial charge on any atom is -0.319 e. The van der Waals surface area contributed by atoms with Gasteiger partial charge in [0.05, 0.1) is 5.75 Å². The summed E-state index contributed by atoms with van der Waals surface area (Å²) in [6, 6.07) is 0. The molecule has 0 saturated heterocycles. The minimum atomic E-state index is -2.81. The van der Waals surface area contributed by atoms with E-state index in [-0.39, 0.29) is 5.41 Å². The SMILES string of the molecule is CNCC1(CCS(C)(=O)=O)CCCCC1. The lowest BCUT2D eigenvalue weighted by Crippen LogP contribution is -2.36. The van der Waals surface area contributed by atoms with Crippen molar-refractivity contribution in [3.8, 4) is 0 Å². The Morgan fingerprint density at radius 2 is 1.80 bits per heavy atom. The van der Waals surface area contributed by atoms with Gasteiger partial charge in [0.1, 0.15) is 9.84 Å². The van der Waals surface area contributed by atoms with E-state index in [1.165, 1.54) is 38.4 Å². The molecule has 1 aliphatic rings. The maximum Gasteiger partial charge on any atom is 0.147 e. The highest BCUT2D eigenvalue weighted by atomic mass is 32.2. The summed E-state index contributed by atoms with van der Waals surface area (Å²) >= 11 is 0. The zero-order valence-corrected chi connectivity index (χ0v) is 10.7. The van der Waals surface area contributed by atoms with Crippen molar-refractivity contribution in [2.24, 2.45) is 5.41 Å². The van der Waals surface area contributed by atoms with Crippen molar-refractivity contribution in [1.82, 2.24) is 5.32 Å². The van der Waals surface area contributed by atoms with Crippen LogP contribution in [0.4, 0.5) is 0 Å². The van der Waals surface area contributed by atoms with Crippen LogP contribution in [0.25, 0.3) is 0 Å². The Balaban J connectivity index is 2.56. The van der Waals surface area contributed by atoms with Crippen LogP contribution >= 0.6 is 0 Å². The largest absolute Gasteiger partial charge is 0.319 e. The molecular weight excluding hydrogens is 210 g/mol. The van der Waals surface area contributed by atoms with Crippen molar-refractivity contribution in [2.75, 3.05) is 25.6 Å². The number of nitrogens with one attached hydrogen (secondary N) is 1. The highest BCUT2D eigenvalue weighted by Gasteiger charge is 2.31. The van der Waals surface area contributed by atoms with E-state index in [4.69, 9.17) is 0 Å². The van der Waals surface area contributed by atoms with Crippen LogP contribution in [0.1, 0.15) is 38.5 Å². The molecule has 0 heterocycles. The van der Waals surface area contributed by atoms with E-state index in [0.717, 1.165) is 13.0 Å². The van der Waals surface area contributed by atoms with Crippen LogP contribution < -0.4 is 5.32 Å². The summed E-state index contributed by atoms with van der Waals surface area (Å²) in [4.78, 5) is 0. The van der Waals surface area contributed by atoms with Crippen LogP contribution in [0.2, 0.25) is 0 Å². The third-order valence-corrected chi connectivity index (χ3v) is 4.41. The van der Waals surface area contributed by atoms with Gasteiger partial charge in [-0.3, -0.25) is 0 Å². The maximum atomic E-state index is 11.2. The molecule has 3 nitrogen and oxygen atoms in total. The summed E-state index contributed by atoms with van der Waals surface area (Å²) in [7, 11) is -0.853. The predicted octanol–water partition coefficient (Wildman–Crippen LogP) is 1.59. The van der Waals surface area contributed by atoms with Gasteiger partial charge in [-0.2, -0.15) is 0 Å². The number of hydrogen-bond donors (Lipinski definition) is 1. The van der Waals surface area contributed by atoms with Crippen LogP contribution in [-0.4, -0.2) is 34.0 Å². The fourth-order valence-corrected chi connectivity index (χ4v) is 3.40. The molecule has 1 saturated carbocycles. The molecule has 0 amide bonds. The lowest BCUT2D eigenvalue weighted by atomic mass is 9.72. The zero-order valence-electron chi connectivity index (χ0n) is 9.88. The van der Waals surface area contributed by atoms with Gasteiger partial charge in [0.15, 0.2) is 0 Å². The van der Waals surface area contributed by atoms with E-state index in [2.05, 4.69) is 5.32 Å². The summed E-state index contributed by atoms with van der Waals surface area (Å²) in [6.07, 6.45) is 8.35. The third kappa shape index (κ3) is 4.51. The monoisotopic (exact) mass is 233 g/mol. The molecule has 15 heavy (non-hydrogen) atoms. The molecule has 1 N–H and O–H groups in total. The third-order valence-electron chi connectivity index (χ3n) is 3.47. The first kappa shape index (κ1) is 13.0. The van der Waals surface area contributed by atoms with E-state index in [9.17, 15) is 8.42 Å². The van der Waals surface area contributed by atoms with Gasteiger partial charge in [-0.05, 0) is 31.7 Å². The van der Waals surface area contributed by atoms with Gasteiger partial charge in [-0.25, -0.2) is 8.42 Å². The molecule has 0 spiro atoms. The van der Waals surface area contributed by atoms with Crippen LogP contribution in [-0.2, 0) is 9.84 Å². The number of hydrogen-bond acceptors (Lipinski definition) is 3. The molecule has 90 valence electrons. The smallest absolute Gasteiger partial charge is 0.147 e. The van der Waals surface area contributed by atoms with Gasteiger partial charge in [0, 0.05) is 12.8 Å². The molecule has 0 aliphatic heterocycles. The van der Waals surface area contributed by atoms with E-state index in [0.29, 0.717) is 5.75 Å².